The number of carbonyl (C=O) groups excluding carboxylic acids is 1. The number of nitrogens with two attached hydrogens (primary N) is 1. The fourth-order valence-electron chi connectivity index (χ4n) is 3.86. The van der Waals surface area contributed by atoms with Crippen molar-refractivity contribution in [3.63, 3.8) is 0 Å². The second-order valence-corrected chi connectivity index (χ2v) is 11.7. The Balaban J connectivity index is 1.65. The average molecular weight is 625 g/mol. The second kappa shape index (κ2) is 9.87. The van der Waals surface area contributed by atoms with Crippen LogP contribution in [-0.4, -0.2) is 39.0 Å². The number of anilines is 1. The number of aromatic nitrogens is 3. The number of hydrogen-bond acceptors (Lipinski definition) is 8. The lowest BCUT2D eigenvalue weighted by molar-refractivity contribution is 0.0949. The maximum atomic E-state index is 12.7. The third-order valence-corrected chi connectivity index (χ3v) is 7.39. The quantitative estimate of drug-likeness (QED) is 0.204. The van der Waals surface area contributed by atoms with Crippen molar-refractivity contribution in [3.8, 4) is 34.4 Å². The predicted molar refractivity (Wildman–Crippen MR) is 157 cm³/mol. The summed E-state index contributed by atoms with van der Waals surface area (Å²) < 4.78 is 1.04. The minimum Gasteiger partial charge on any atom is -0.381 e. The first-order valence-electron chi connectivity index (χ1n) is 11.1. The molecule has 1 aromatic carbocycles. The molecule has 10 heteroatoms. The van der Waals surface area contributed by atoms with Gasteiger partial charge in [-0.2, -0.15) is 0 Å². The van der Waals surface area contributed by atoms with E-state index in [1.165, 1.54) is 20.3 Å². The molecule has 0 saturated heterocycles. The first kappa shape index (κ1) is 24.8. The minimum atomic E-state index is -0.650. The molecule has 5 rings (SSSR count). The van der Waals surface area contributed by atoms with E-state index in [1.54, 1.807) is 6.07 Å². The molecule has 0 aliphatic carbocycles. The Morgan fingerprint density at radius 3 is 2.78 bits per heavy atom. The third kappa shape index (κ3) is 5.13. The molecule has 4 heterocycles. The summed E-state index contributed by atoms with van der Waals surface area (Å²) in [4.78, 5) is 27.4. The van der Waals surface area contributed by atoms with E-state index in [1.807, 2.05) is 45.0 Å². The van der Waals surface area contributed by atoms with Gasteiger partial charge in [-0.15, -0.1) is 11.3 Å². The minimum absolute atomic E-state index is 0.0463. The van der Waals surface area contributed by atoms with E-state index in [0.29, 0.717) is 34.3 Å². The first-order valence-corrected chi connectivity index (χ1v) is 15.3. The predicted octanol–water partition coefficient (Wildman–Crippen LogP) is 4.93. The Morgan fingerprint density at radius 2 is 2.00 bits per heavy atom. The van der Waals surface area contributed by atoms with Crippen molar-refractivity contribution in [2.75, 3.05) is 11.9 Å². The molecule has 3 aromatic heterocycles. The zero-order chi connectivity index (χ0) is 25.4. The molecular weight excluding hydrogens is 603 g/mol. The molecule has 4 aromatic rings. The second-order valence-electron chi connectivity index (χ2n) is 9.00. The molecule has 0 bridgehead atoms. The van der Waals surface area contributed by atoms with Gasteiger partial charge in [0.1, 0.15) is 10.6 Å². The monoisotopic (exact) mass is 624 g/mol. The van der Waals surface area contributed by atoms with E-state index >= 15 is 0 Å². The van der Waals surface area contributed by atoms with Crippen LogP contribution in [0.15, 0.2) is 30.3 Å². The molecule has 180 valence electrons. The Kier molecular flexibility index (Phi) is 6.79. The summed E-state index contributed by atoms with van der Waals surface area (Å²) in [5.74, 6) is 9.34. The largest absolute Gasteiger partial charge is 0.381 e. The van der Waals surface area contributed by atoms with Crippen molar-refractivity contribution in [1.29, 1.82) is 0 Å². The van der Waals surface area contributed by atoms with Gasteiger partial charge in [-0.3, -0.25) is 4.79 Å². The molecule has 0 fully saturated rings. The normalized spacial score (nSPS) is 15.1. The summed E-state index contributed by atoms with van der Waals surface area (Å²) in [6.45, 7) is 6.33. The summed E-state index contributed by atoms with van der Waals surface area (Å²) in [5.41, 5.74) is 8.91. The van der Waals surface area contributed by atoms with Gasteiger partial charge in [-0.25, -0.2) is 15.0 Å². The van der Waals surface area contributed by atoms with E-state index in [9.17, 15) is 4.79 Å². The summed E-state index contributed by atoms with van der Waals surface area (Å²) in [6, 6.07) is 9.81. The van der Waals surface area contributed by atoms with Gasteiger partial charge in [-0.05, 0) is 71.1 Å². The van der Waals surface area contributed by atoms with Crippen LogP contribution in [0.25, 0.3) is 32.4 Å². The van der Waals surface area contributed by atoms with Crippen molar-refractivity contribution >= 4 is 74.1 Å². The fourth-order valence-corrected chi connectivity index (χ4v) is 5.41. The summed E-state index contributed by atoms with van der Waals surface area (Å²) in [6.07, 6.45) is 0. The van der Waals surface area contributed by atoms with E-state index in [2.05, 4.69) is 64.8 Å². The van der Waals surface area contributed by atoms with Gasteiger partial charge < -0.3 is 16.4 Å². The van der Waals surface area contributed by atoms with Crippen LogP contribution < -0.4 is 16.4 Å². The Hall–Kier alpha value is -2.90. The molecule has 0 spiro atoms. The molecule has 1 aliphatic heterocycles. The standard InChI is InChI=1S/C26H21IN6OS2/c1-14-13-29-23-22-16-4-5-18(32-17(16)6-7-20(22)36-24(23)25(34)30-14)19-12-15(8-10-26(2,3)28)31-21(33-19)9-11-35-27/h4-7,12,14,29H,13,28H2,1-3H3,(H,30,34)/t14-/m1/s1. The highest BCUT2D eigenvalue weighted by molar-refractivity contribution is 14.2. The van der Waals surface area contributed by atoms with Gasteiger partial charge in [0.2, 0.25) is 5.82 Å². The topological polar surface area (TPSA) is 106 Å². The summed E-state index contributed by atoms with van der Waals surface area (Å²) >= 11 is 3.60. The zero-order valence-corrected chi connectivity index (χ0v) is 23.5. The van der Waals surface area contributed by atoms with E-state index in [4.69, 9.17) is 10.7 Å². The molecule has 36 heavy (non-hydrogen) atoms. The smallest absolute Gasteiger partial charge is 0.263 e. The molecular formula is C26H21IN6OS2. The van der Waals surface area contributed by atoms with Crippen LogP contribution in [0.1, 0.15) is 42.0 Å². The number of nitrogens with zero attached hydrogens (tertiary/aromatic N) is 3. The maximum absolute atomic E-state index is 12.7. The van der Waals surface area contributed by atoms with Crippen LogP contribution in [-0.2, 0) is 0 Å². The van der Waals surface area contributed by atoms with Crippen LogP contribution >= 0.6 is 41.5 Å². The van der Waals surface area contributed by atoms with Gasteiger partial charge in [0.05, 0.1) is 28.1 Å². The SMILES string of the molecule is C[C@@H]1CNc2c(sc3ccc4nc(-c5cc(C#CC(C)(C)N)nc(C#CSI)n5)ccc4c23)C(=O)N1. The van der Waals surface area contributed by atoms with Crippen LogP contribution in [0.5, 0.6) is 0 Å². The maximum Gasteiger partial charge on any atom is 0.263 e. The number of pyridine rings is 1. The van der Waals surface area contributed by atoms with Crippen molar-refractivity contribution in [2.24, 2.45) is 5.73 Å². The Bertz CT molecular complexity index is 1650. The lowest BCUT2D eigenvalue weighted by atomic mass is 10.1. The number of hydrogen-bond donors (Lipinski definition) is 3. The van der Waals surface area contributed by atoms with E-state index < -0.39 is 5.54 Å². The Labute approximate surface area is 229 Å². The molecule has 1 atom stereocenters. The zero-order valence-electron chi connectivity index (χ0n) is 19.7. The molecule has 0 radical (unpaired) electrons. The number of thiophene rings is 1. The van der Waals surface area contributed by atoms with Crippen molar-refractivity contribution in [3.05, 3.63) is 46.7 Å². The van der Waals surface area contributed by atoms with E-state index in [0.717, 1.165) is 26.7 Å². The van der Waals surface area contributed by atoms with Gasteiger partial charge >= 0.3 is 0 Å². The molecule has 0 unspecified atom stereocenters. The van der Waals surface area contributed by atoms with Crippen molar-refractivity contribution in [2.45, 2.75) is 32.4 Å². The summed E-state index contributed by atoms with van der Waals surface area (Å²) in [5, 5.41) is 11.4. The molecule has 7 nitrogen and oxygen atoms in total. The highest BCUT2D eigenvalue weighted by Crippen LogP contribution is 2.41. The summed E-state index contributed by atoms with van der Waals surface area (Å²) in [7, 11) is 1.36. The third-order valence-electron chi connectivity index (χ3n) is 5.39. The fraction of sp³-hybridized carbons (Fsp3) is 0.231. The van der Waals surface area contributed by atoms with Crippen LogP contribution in [0.4, 0.5) is 5.69 Å². The van der Waals surface area contributed by atoms with Crippen LogP contribution in [0, 0.1) is 23.0 Å². The molecule has 1 aliphatic rings. The lowest BCUT2D eigenvalue weighted by Crippen LogP contribution is -2.34. The number of amides is 1. The molecule has 1 amide bonds. The number of halogens is 1. The molecule has 4 N–H and O–H groups in total. The first-order chi connectivity index (χ1) is 17.2. The van der Waals surface area contributed by atoms with Gasteiger partial charge in [0.15, 0.2) is 0 Å². The highest BCUT2D eigenvalue weighted by Gasteiger charge is 2.24. The number of nitrogens with one attached hydrogen (secondary N) is 2. The number of carbonyl (C=O) groups is 1. The number of benzene rings is 1. The number of fused-ring (bicyclic) bond motifs is 5. The molecule has 0 saturated carbocycles. The van der Waals surface area contributed by atoms with Crippen LogP contribution in [0.2, 0.25) is 0 Å². The van der Waals surface area contributed by atoms with Crippen LogP contribution in [0.3, 0.4) is 0 Å². The van der Waals surface area contributed by atoms with Gasteiger partial charge in [-0.1, -0.05) is 5.92 Å². The van der Waals surface area contributed by atoms with E-state index in [-0.39, 0.29) is 11.9 Å². The van der Waals surface area contributed by atoms with Gasteiger partial charge in [0, 0.05) is 55.3 Å². The number of rotatable bonds is 1. The van der Waals surface area contributed by atoms with Crippen molar-refractivity contribution in [1.82, 2.24) is 20.3 Å². The Morgan fingerprint density at radius 1 is 1.17 bits per heavy atom. The lowest BCUT2D eigenvalue weighted by Gasteiger charge is -2.10. The highest BCUT2D eigenvalue weighted by atomic mass is 127. The average Bonchev–Trinajstić information content (AvgIpc) is 3.17. The van der Waals surface area contributed by atoms with Gasteiger partial charge in [0.25, 0.3) is 5.91 Å². The van der Waals surface area contributed by atoms with Crippen molar-refractivity contribution < 1.29 is 4.79 Å².